The maximum Gasteiger partial charge on any atom is 0.425 e. The molecule has 0 radical (unpaired) electrons. The Labute approximate surface area is 627 Å². The van der Waals surface area contributed by atoms with Gasteiger partial charge in [0.1, 0.15) is 0 Å². The maximum absolute atomic E-state index is 14.6. The molecule has 24 heteroatoms. The monoisotopic (exact) mass is 1460 g/mol. The van der Waals surface area contributed by atoms with Crippen molar-refractivity contribution in [3.63, 3.8) is 0 Å². The van der Waals surface area contributed by atoms with Crippen LogP contribution in [0.5, 0.6) is 0 Å². The molecule has 9 aliphatic carbocycles. The summed E-state index contributed by atoms with van der Waals surface area (Å²) in [7, 11) is 0. The molecule has 9 fully saturated rings. The van der Waals surface area contributed by atoms with Crippen LogP contribution in [0.15, 0.2) is 49.4 Å². The third-order valence-corrected chi connectivity index (χ3v) is 23.6. The van der Waals surface area contributed by atoms with Crippen molar-refractivity contribution in [1.29, 1.82) is 0 Å². The Kier molecular flexibility index (Phi) is 36.1. The number of amides is 6. The Morgan fingerprint density at radius 1 is 0.352 bits per heavy atom. The van der Waals surface area contributed by atoms with Crippen molar-refractivity contribution < 1.29 is 33.3 Å². The van der Waals surface area contributed by atoms with E-state index in [9.17, 15) is 24.0 Å². The zero-order valence-electron chi connectivity index (χ0n) is 64.6. The topological polar surface area (TPSA) is 268 Å². The average Bonchev–Trinajstić information content (AvgIpc) is 0.482. The lowest BCUT2D eigenvalue weighted by Crippen LogP contribution is -2.51. The van der Waals surface area contributed by atoms with E-state index in [0.717, 1.165) is 319 Å². The van der Waals surface area contributed by atoms with E-state index < -0.39 is 11.4 Å². The lowest BCUT2D eigenvalue weighted by molar-refractivity contribution is 0.164. The van der Waals surface area contributed by atoms with E-state index in [4.69, 9.17) is 38.9 Å². The van der Waals surface area contributed by atoms with Crippen LogP contribution in [-0.4, -0.2) is 140 Å². The minimum Gasteiger partial charge on any atom is -0.375 e. The lowest BCUT2D eigenvalue weighted by Gasteiger charge is -2.34. The van der Waals surface area contributed by atoms with E-state index in [1.807, 2.05) is 4.90 Å². The quantitative estimate of drug-likeness (QED) is 0.0286. The van der Waals surface area contributed by atoms with Gasteiger partial charge >= 0.3 is 53.3 Å². The smallest absolute Gasteiger partial charge is 0.375 e. The average molecular weight is 1460 g/mol. The molecule has 6 amide bonds. The molecule has 588 valence electrons. The molecule has 3 N–H and O–H groups in total. The third kappa shape index (κ3) is 27.7. The maximum atomic E-state index is 14.6. The molecule has 105 heavy (non-hydrogen) atoms. The molecule has 1 aromatic rings. The fourth-order valence-electron chi connectivity index (χ4n) is 17.3. The number of hydrogen-bond acceptors (Lipinski definition) is 16. The lowest BCUT2D eigenvalue weighted by atomic mass is 9.94. The molecule has 1 aromatic heterocycles. The van der Waals surface area contributed by atoms with Crippen LogP contribution in [0.25, 0.3) is 0 Å². The van der Waals surface area contributed by atoms with E-state index >= 15 is 0 Å². The zero-order chi connectivity index (χ0) is 72.7. The van der Waals surface area contributed by atoms with Gasteiger partial charge in [0.15, 0.2) is 0 Å². The van der Waals surface area contributed by atoms with Gasteiger partial charge in [-0.25, -0.2) is 67.8 Å². The number of aromatic nitrogens is 2. The highest BCUT2D eigenvalue weighted by molar-refractivity contribution is 5.96. The fraction of sp³-hybridized carbons (Fsp3) is 0.852. The van der Waals surface area contributed by atoms with Crippen LogP contribution in [0.2, 0.25) is 0 Å². The Morgan fingerprint density at radius 3 is 0.971 bits per heavy atom. The first-order valence-electron chi connectivity index (χ1n) is 43.2. The second-order valence-corrected chi connectivity index (χ2v) is 32.1. The summed E-state index contributed by atoms with van der Waals surface area (Å²) >= 11 is 0. The standard InChI is InChI=1S/C81H135N15O9/c97-73(94(70-52-28-13-29-53-70)77(86-64-40-16-7-17-41-64)103-89-67-46-22-10-23-47-67)82-58-34-1-2-37-61-85-76-92(62-38-5-3-35-59-83-74(98)95(71-54-30-14-31-55-71)78(87-65-42-18-8-19-43-65)104-90-68-48-24-11-25-49-68)80(100)93(81(101)102-76)63-39-6-4-36-60-84-75(99)96(72-56-32-15-33-57-72)79(88-66-44-20-9-21-45-66)105-91-69-50-26-12-27-51-69/h64-66,70-72H,1-63H2,(H,82,97)(H,83,98)(H,84,99). The molecule has 24 nitrogen and oxygen atoms in total. The zero-order valence-corrected chi connectivity index (χ0v) is 64.6. The Bertz CT molecular complexity index is 3130. The van der Waals surface area contributed by atoms with Crippen LogP contribution in [0.1, 0.15) is 366 Å². The van der Waals surface area contributed by atoms with Crippen LogP contribution in [-0.2, 0) is 27.6 Å². The Balaban J connectivity index is 0.746. The summed E-state index contributed by atoms with van der Waals surface area (Å²) in [5.41, 5.74) is 2.76. The summed E-state index contributed by atoms with van der Waals surface area (Å²) in [5, 5.41) is 23.6. The highest BCUT2D eigenvalue weighted by Gasteiger charge is 2.36. The minimum absolute atomic E-state index is 0.000931. The van der Waals surface area contributed by atoms with Gasteiger partial charge in [-0.1, -0.05) is 189 Å². The van der Waals surface area contributed by atoms with Crippen molar-refractivity contribution in [1.82, 2.24) is 39.8 Å². The third-order valence-electron chi connectivity index (χ3n) is 23.6. The molecule has 0 unspecified atom stereocenters. The van der Waals surface area contributed by atoms with Crippen molar-refractivity contribution in [3.8, 4) is 0 Å². The van der Waals surface area contributed by atoms with Gasteiger partial charge in [0.2, 0.25) is 0 Å². The van der Waals surface area contributed by atoms with E-state index in [2.05, 4.69) is 31.4 Å². The predicted octanol–water partition coefficient (Wildman–Crippen LogP) is 17.3. The number of carbonyl (C=O) groups excluding carboxylic acids is 3. The van der Waals surface area contributed by atoms with Crippen molar-refractivity contribution in [2.75, 3.05) is 26.2 Å². The first kappa shape index (κ1) is 81.2. The molecule has 9 saturated carbocycles. The summed E-state index contributed by atoms with van der Waals surface area (Å²) in [6.07, 6.45) is 56.4. The van der Waals surface area contributed by atoms with Crippen molar-refractivity contribution in [2.45, 2.75) is 415 Å². The number of unbranched alkanes of at least 4 members (excludes halogenated alkanes) is 9. The van der Waals surface area contributed by atoms with Crippen LogP contribution in [0.4, 0.5) is 14.4 Å². The Hall–Kier alpha value is -6.36. The minimum atomic E-state index is -0.722. The normalized spacial score (nSPS) is 21.0. The molecular weight excluding hydrogens is 1330 g/mol. The van der Waals surface area contributed by atoms with E-state index in [-0.39, 0.29) is 66.6 Å². The van der Waals surface area contributed by atoms with Crippen molar-refractivity contribution in [3.05, 3.63) is 26.7 Å². The molecule has 0 spiro atoms. The van der Waals surface area contributed by atoms with Gasteiger partial charge in [-0.3, -0.25) is 0 Å². The van der Waals surface area contributed by atoms with Crippen molar-refractivity contribution >= 4 is 53.3 Å². The van der Waals surface area contributed by atoms with Crippen LogP contribution in [0.3, 0.4) is 0 Å². The largest absolute Gasteiger partial charge is 0.425 e. The second-order valence-electron chi connectivity index (χ2n) is 32.1. The highest BCUT2D eigenvalue weighted by atomic mass is 16.7. The van der Waals surface area contributed by atoms with Gasteiger partial charge in [0, 0.05) is 57.4 Å². The van der Waals surface area contributed by atoms with Gasteiger partial charge in [0.25, 0.3) is 0 Å². The number of oxime groups is 3. The summed E-state index contributed by atoms with van der Waals surface area (Å²) in [5.74, 6) is -0.722. The number of hydrogen-bond donors (Lipinski definition) is 3. The van der Waals surface area contributed by atoms with Crippen LogP contribution in [0, 0.1) is 0 Å². The SMILES string of the molecule is O=C(NCCCCCCN=c1oc(=O)n(CCCCCCNC(=O)N(C(=NC2CCCCC2)ON=C2CCCCC2)C2CCCCC2)c(=O)n1CCCCCCNC(=O)N(C(=NC1CCCCC1)ON=C1CCCCC1)C1CCCCC1)N(C(=NC1CCCCC1)ON=C1CCCCC1)C1CCCCC1. The summed E-state index contributed by atoms with van der Waals surface area (Å²) in [4.78, 5) is 116. The molecule has 0 aromatic carbocycles. The highest BCUT2D eigenvalue weighted by Crippen LogP contribution is 2.31. The van der Waals surface area contributed by atoms with Crippen molar-refractivity contribution in [2.24, 2.45) is 35.4 Å². The number of rotatable bonds is 30. The molecule has 0 aliphatic heterocycles. The molecule has 1 heterocycles. The van der Waals surface area contributed by atoms with E-state index in [0.29, 0.717) is 70.1 Å². The first-order valence-corrected chi connectivity index (χ1v) is 43.2. The van der Waals surface area contributed by atoms with E-state index in [1.54, 1.807) is 9.80 Å². The van der Waals surface area contributed by atoms with Gasteiger partial charge in [-0.15, -0.1) is 0 Å². The van der Waals surface area contributed by atoms with Gasteiger partial charge in [-0.2, -0.15) is 0 Å². The molecule has 9 aliphatic rings. The number of carbonyl (C=O) groups is 3. The number of amidine groups is 3. The summed E-state index contributed by atoms with van der Waals surface area (Å²) in [6, 6.07) is 0.892. The van der Waals surface area contributed by atoms with Crippen LogP contribution < -0.4 is 33.1 Å². The first-order chi connectivity index (χ1) is 51.7. The molecule has 0 saturated heterocycles. The number of nitrogens with one attached hydrogen (secondary N) is 3. The number of aliphatic imine (C=N–C) groups is 3. The summed E-state index contributed by atoms with van der Waals surface area (Å²) < 4.78 is 8.71. The summed E-state index contributed by atoms with van der Waals surface area (Å²) in [6.45, 7) is 2.33. The number of urea groups is 3. The number of nitrogens with zero attached hydrogens (tertiary/aromatic N) is 12. The van der Waals surface area contributed by atoms with Gasteiger partial charge < -0.3 is 34.9 Å². The van der Waals surface area contributed by atoms with E-state index in [1.165, 1.54) is 54.1 Å². The van der Waals surface area contributed by atoms with Gasteiger partial charge in [0.05, 0.1) is 35.3 Å². The molecule has 10 rings (SSSR count). The Morgan fingerprint density at radius 2 is 0.638 bits per heavy atom. The molecule has 0 atom stereocenters. The molecular formula is C81H135N15O9. The van der Waals surface area contributed by atoms with Gasteiger partial charge in [-0.05, 0) is 193 Å². The van der Waals surface area contributed by atoms with Crippen LogP contribution >= 0.6 is 0 Å². The predicted molar refractivity (Wildman–Crippen MR) is 417 cm³/mol. The second kappa shape index (κ2) is 46.8. The fourth-order valence-corrected chi connectivity index (χ4v) is 17.3. The molecule has 0 bridgehead atoms.